The van der Waals surface area contributed by atoms with E-state index in [4.69, 9.17) is 0 Å². The van der Waals surface area contributed by atoms with Crippen LogP contribution in [0.15, 0.2) is 6.33 Å². The van der Waals surface area contributed by atoms with E-state index in [-0.39, 0.29) is 0 Å². The van der Waals surface area contributed by atoms with E-state index in [2.05, 4.69) is 28.7 Å². The van der Waals surface area contributed by atoms with Crippen molar-refractivity contribution >= 4 is 27.4 Å². The molecular weight excluding hydrogens is 266 g/mol. The Bertz CT molecular complexity index is 638. The molecule has 1 aliphatic heterocycles. The van der Waals surface area contributed by atoms with Gasteiger partial charge in [0.25, 0.3) is 0 Å². The normalized spacial score (nSPS) is 26.2. The van der Waals surface area contributed by atoms with Crippen molar-refractivity contribution in [3.63, 3.8) is 0 Å². The summed E-state index contributed by atoms with van der Waals surface area (Å²) < 4.78 is 0. The second kappa shape index (κ2) is 4.69. The fraction of sp³-hybridized carbons (Fsp3) is 0.625. The van der Waals surface area contributed by atoms with Gasteiger partial charge in [0.05, 0.1) is 5.39 Å². The fourth-order valence-corrected chi connectivity index (χ4v) is 5.21. The number of piperidine rings is 1. The maximum Gasteiger partial charge on any atom is 0.141 e. The van der Waals surface area contributed by atoms with E-state index in [9.17, 15) is 0 Å². The summed E-state index contributed by atoms with van der Waals surface area (Å²) in [6.07, 6.45) is 6.86. The van der Waals surface area contributed by atoms with Crippen LogP contribution in [-0.2, 0) is 12.8 Å². The first-order chi connectivity index (χ1) is 9.72. The Labute approximate surface area is 124 Å². The lowest BCUT2D eigenvalue weighted by Crippen LogP contribution is -2.39. The van der Waals surface area contributed by atoms with E-state index in [1.165, 1.54) is 41.7 Å². The van der Waals surface area contributed by atoms with Gasteiger partial charge in [-0.15, -0.1) is 11.3 Å². The second-order valence-corrected chi connectivity index (χ2v) is 7.67. The van der Waals surface area contributed by atoms with Gasteiger partial charge in [-0.3, -0.25) is 0 Å². The molecule has 1 fully saturated rings. The summed E-state index contributed by atoms with van der Waals surface area (Å²) in [5, 5.41) is 1.37. The maximum absolute atomic E-state index is 4.67. The standard InChI is InChI=1S/C16H21N3S/c1-10-6-11(2)8-19(7-10)15-14-12-4-3-5-13(12)20-16(14)18-9-17-15/h9-11H,3-8H2,1-2H3. The Morgan fingerprint density at radius 3 is 2.75 bits per heavy atom. The third-order valence-corrected chi connectivity index (χ3v) is 5.85. The zero-order chi connectivity index (χ0) is 13.7. The number of hydrogen-bond donors (Lipinski definition) is 0. The molecule has 3 heterocycles. The molecule has 4 rings (SSSR count). The van der Waals surface area contributed by atoms with Gasteiger partial charge < -0.3 is 4.90 Å². The summed E-state index contributed by atoms with van der Waals surface area (Å²) in [5.74, 6) is 2.72. The van der Waals surface area contributed by atoms with Crippen molar-refractivity contribution in [1.82, 2.24) is 9.97 Å². The molecule has 106 valence electrons. The molecular formula is C16H21N3S. The number of thiophene rings is 1. The molecule has 0 N–H and O–H groups in total. The Morgan fingerprint density at radius 1 is 1.15 bits per heavy atom. The fourth-order valence-electron chi connectivity index (χ4n) is 3.99. The minimum absolute atomic E-state index is 0.760. The predicted octanol–water partition coefficient (Wildman–Crippen LogP) is 3.66. The smallest absolute Gasteiger partial charge is 0.141 e. The van der Waals surface area contributed by atoms with Crippen molar-refractivity contribution in [1.29, 1.82) is 0 Å². The minimum atomic E-state index is 0.760. The molecule has 0 radical (unpaired) electrons. The van der Waals surface area contributed by atoms with Gasteiger partial charge in [-0.2, -0.15) is 0 Å². The van der Waals surface area contributed by atoms with E-state index >= 15 is 0 Å². The number of aromatic nitrogens is 2. The zero-order valence-corrected chi connectivity index (χ0v) is 13.0. The lowest BCUT2D eigenvalue weighted by molar-refractivity contribution is 0.356. The average molecular weight is 287 g/mol. The first kappa shape index (κ1) is 12.6. The first-order valence-corrected chi connectivity index (χ1v) is 8.54. The molecule has 2 aromatic rings. The monoisotopic (exact) mass is 287 g/mol. The number of hydrogen-bond acceptors (Lipinski definition) is 4. The number of fused-ring (bicyclic) bond motifs is 3. The van der Waals surface area contributed by atoms with Gasteiger partial charge in [0.1, 0.15) is 17.0 Å². The minimum Gasteiger partial charge on any atom is -0.355 e. The van der Waals surface area contributed by atoms with Crippen molar-refractivity contribution in [3.05, 3.63) is 16.8 Å². The van der Waals surface area contributed by atoms with Gasteiger partial charge in [-0.05, 0) is 43.1 Å². The molecule has 0 saturated carbocycles. The average Bonchev–Trinajstić information content (AvgIpc) is 2.96. The molecule has 2 atom stereocenters. The maximum atomic E-state index is 4.67. The second-order valence-electron chi connectivity index (χ2n) is 6.59. The van der Waals surface area contributed by atoms with Crippen molar-refractivity contribution < 1.29 is 0 Å². The topological polar surface area (TPSA) is 29.0 Å². The Morgan fingerprint density at radius 2 is 1.95 bits per heavy atom. The highest BCUT2D eigenvalue weighted by molar-refractivity contribution is 7.19. The molecule has 0 bridgehead atoms. The summed E-state index contributed by atoms with van der Waals surface area (Å²) in [5.41, 5.74) is 1.55. The molecule has 2 aliphatic rings. The molecule has 20 heavy (non-hydrogen) atoms. The predicted molar refractivity (Wildman–Crippen MR) is 84.6 cm³/mol. The van der Waals surface area contributed by atoms with Crippen LogP contribution in [0, 0.1) is 11.8 Å². The lowest BCUT2D eigenvalue weighted by atomic mass is 9.92. The van der Waals surface area contributed by atoms with E-state index in [0.717, 1.165) is 24.9 Å². The summed E-state index contributed by atoms with van der Waals surface area (Å²) in [4.78, 5) is 14.5. The van der Waals surface area contributed by atoms with Gasteiger partial charge >= 0.3 is 0 Å². The van der Waals surface area contributed by atoms with Gasteiger partial charge in [0.15, 0.2) is 0 Å². The van der Waals surface area contributed by atoms with Crippen LogP contribution in [0.5, 0.6) is 0 Å². The highest BCUT2D eigenvalue weighted by Gasteiger charge is 2.27. The SMILES string of the molecule is CC1CC(C)CN(c2ncnc3sc4c(c23)CCC4)C1. The summed E-state index contributed by atoms with van der Waals surface area (Å²) >= 11 is 1.89. The van der Waals surface area contributed by atoms with Gasteiger partial charge in [-0.25, -0.2) is 9.97 Å². The molecule has 0 aromatic carbocycles. The first-order valence-electron chi connectivity index (χ1n) is 7.72. The van der Waals surface area contributed by atoms with Crippen LogP contribution in [0.25, 0.3) is 10.2 Å². The van der Waals surface area contributed by atoms with Crippen molar-refractivity contribution in [2.75, 3.05) is 18.0 Å². The highest BCUT2D eigenvalue weighted by atomic mass is 32.1. The molecule has 4 heteroatoms. The Hall–Kier alpha value is -1.16. The number of anilines is 1. The van der Waals surface area contributed by atoms with Crippen LogP contribution in [0.3, 0.4) is 0 Å². The van der Waals surface area contributed by atoms with Gasteiger partial charge in [0, 0.05) is 18.0 Å². The van der Waals surface area contributed by atoms with Crippen LogP contribution < -0.4 is 4.90 Å². The molecule has 0 spiro atoms. The Balaban J connectivity index is 1.83. The third kappa shape index (κ3) is 1.93. The summed E-state index contributed by atoms with van der Waals surface area (Å²) in [6.45, 7) is 7.00. The van der Waals surface area contributed by atoms with Crippen LogP contribution in [0.4, 0.5) is 5.82 Å². The zero-order valence-electron chi connectivity index (χ0n) is 12.2. The van der Waals surface area contributed by atoms with Crippen molar-refractivity contribution in [2.24, 2.45) is 11.8 Å². The number of nitrogens with zero attached hydrogens (tertiary/aromatic N) is 3. The van der Waals surface area contributed by atoms with E-state index in [1.807, 2.05) is 11.3 Å². The van der Waals surface area contributed by atoms with Crippen LogP contribution in [-0.4, -0.2) is 23.1 Å². The van der Waals surface area contributed by atoms with E-state index in [0.29, 0.717) is 0 Å². The highest BCUT2D eigenvalue weighted by Crippen LogP contribution is 2.41. The largest absolute Gasteiger partial charge is 0.355 e. The van der Waals surface area contributed by atoms with Crippen LogP contribution in [0.1, 0.15) is 37.1 Å². The Kier molecular flexibility index (Phi) is 2.95. The molecule has 2 aromatic heterocycles. The molecule has 2 unspecified atom stereocenters. The van der Waals surface area contributed by atoms with Crippen molar-refractivity contribution in [2.45, 2.75) is 39.5 Å². The number of rotatable bonds is 1. The third-order valence-electron chi connectivity index (χ3n) is 4.65. The van der Waals surface area contributed by atoms with Gasteiger partial charge in [0.2, 0.25) is 0 Å². The lowest BCUT2D eigenvalue weighted by Gasteiger charge is -2.36. The van der Waals surface area contributed by atoms with E-state index < -0.39 is 0 Å². The van der Waals surface area contributed by atoms with E-state index in [1.54, 1.807) is 16.8 Å². The summed E-state index contributed by atoms with van der Waals surface area (Å²) in [7, 11) is 0. The van der Waals surface area contributed by atoms with Crippen LogP contribution >= 0.6 is 11.3 Å². The quantitative estimate of drug-likeness (QED) is 0.801. The van der Waals surface area contributed by atoms with Crippen molar-refractivity contribution in [3.8, 4) is 0 Å². The number of aryl methyl sites for hydroxylation is 2. The molecule has 1 aliphatic carbocycles. The van der Waals surface area contributed by atoms with Gasteiger partial charge in [-0.1, -0.05) is 13.8 Å². The molecule has 3 nitrogen and oxygen atoms in total. The molecule has 0 amide bonds. The molecule has 1 saturated heterocycles. The summed E-state index contributed by atoms with van der Waals surface area (Å²) in [6, 6.07) is 0. The van der Waals surface area contributed by atoms with Crippen LogP contribution in [0.2, 0.25) is 0 Å².